The van der Waals surface area contributed by atoms with Crippen molar-refractivity contribution in [1.82, 2.24) is 0 Å². The lowest BCUT2D eigenvalue weighted by Crippen LogP contribution is -2.63. The molecule has 1 heterocycles. The quantitative estimate of drug-likeness (QED) is 0.231. The van der Waals surface area contributed by atoms with Crippen molar-refractivity contribution in [3.05, 3.63) is 88.5 Å². The maximum absolute atomic E-state index is 14.2. The van der Waals surface area contributed by atoms with E-state index in [1.54, 1.807) is 18.2 Å². The molecule has 0 amide bonds. The predicted octanol–water partition coefficient (Wildman–Crippen LogP) is 4.63. The van der Waals surface area contributed by atoms with Crippen molar-refractivity contribution in [2.24, 2.45) is 28.6 Å². The number of allylic oxidation sites excluding steroid dienone is 4. The molecule has 1 saturated heterocycles. The summed E-state index contributed by atoms with van der Waals surface area (Å²) < 4.78 is 29.8. The molecule has 47 heavy (non-hydrogen) atoms. The highest BCUT2D eigenvalue weighted by atomic mass is 31.1. The van der Waals surface area contributed by atoms with Crippen LogP contribution in [-0.4, -0.2) is 51.1 Å². The Kier molecular flexibility index (Phi) is 8.16. The largest absolute Gasteiger partial charge is 0.695 e. The van der Waals surface area contributed by atoms with Gasteiger partial charge >= 0.3 is 8.25 Å². The number of nitrogen functional groups attached to an aromatic ring is 1. The maximum Gasteiger partial charge on any atom is 0.695 e. The first-order valence-corrected chi connectivity index (χ1v) is 17.4. The molecule has 0 radical (unpaired) electrons. The van der Waals surface area contributed by atoms with E-state index in [0.29, 0.717) is 24.1 Å². The average Bonchev–Trinajstić information content (AvgIpc) is 3.54. The Hall–Kier alpha value is -3.08. The summed E-state index contributed by atoms with van der Waals surface area (Å²) in [6, 6.07) is 13.3. The van der Waals surface area contributed by atoms with E-state index in [1.807, 2.05) is 49.4 Å². The number of benzene rings is 2. The SMILES string of the molecule is C[C@]12C=CC(=O)C=C1CC[C@@H]1[C@@H]2[C@@H](O)C[C@@]2(C)[C@H]1C[C@H]1O[C@@H](c3ccc(Cc4ccc(N)c(CO)c4)cc3)O[C@]12C(=O)CO[P+](=O)O. The van der Waals surface area contributed by atoms with Crippen LogP contribution in [0.25, 0.3) is 0 Å². The van der Waals surface area contributed by atoms with Crippen LogP contribution in [0.4, 0.5) is 5.69 Å². The standard InChI is InChI=1S/C36H40NO9P/c1-34-12-11-25(39)15-24(34)8-9-26-27-16-31-36(30(41)19-44-47(42)43,35(27,2)17-29(40)32(26)34)46-33(45-31)22-6-3-20(4-7-22)13-21-5-10-28(37)23(14-21)18-38/h3-7,10-12,14-15,26-27,29,31-33,38,40H,8-9,13,16-19,37H2,1-2H3/p+1/t26-,27-,29-,31+,32+,33+,34-,35-,36+/m0/s1. The molecule has 0 spiro atoms. The van der Waals surface area contributed by atoms with Gasteiger partial charge in [0.1, 0.15) is 0 Å². The summed E-state index contributed by atoms with van der Waals surface area (Å²) in [7, 11) is -3.01. The lowest BCUT2D eigenvalue weighted by atomic mass is 9.46. The average molecular weight is 663 g/mol. The Bertz CT molecular complexity index is 1690. The Morgan fingerprint density at radius 1 is 1.15 bits per heavy atom. The molecule has 248 valence electrons. The number of carbonyl (C=O) groups is 2. The molecule has 4 aliphatic carbocycles. The van der Waals surface area contributed by atoms with Gasteiger partial charge in [-0.15, -0.1) is 9.42 Å². The molecule has 1 unspecified atom stereocenters. The second-order valence-electron chi connectivity index (χ2n) is 14.3. The van der Waals surface area contributed by atoms with E-state index >= 15 is 0 Å². The van der Waals surface area contributed by atoms with E-state index in [1.165, 1.54) is 0 Å². The number of anilines is 1. The third kappa shape index (κ3) is 5.08. The smallest absolute Gasteiger partial charge is 0.398 e. The minimum Gasteiger partial charge on any atom is -0.398 e. The Morgan fingerprint density at radius 3 is 2.62 bits per heavy atom. The molecule has 2 aromatic carbocycles. The number of Topliss-reactive ketones (excluding diaryl/α,β-unsaturated/α-hetero) is 1. The number of ketones is 2. The van der Waals surface area contributed by atoms with Gasteiger partial charge in [0.2, 0.25) is 0 Å². The molecular formula is C36H41NO9P+. The second kappa shape index (κ2) is 11.8. The lowest BCUT2D eigenvalue weighted by molar-refractivity contribution is -0.200. The summed E-state index contributed by atoms with van der Waals surface area (Å²) in [6.07, 6.45) is 5.86. The molecule has 10 atom stereocenters. The van der Waals surface area contributed by atoms with Gasteiger partial charge in [0, 0.05) is 38.1 Å². The minimum atomic E-state index is -3.01. The van der Waals surface area contributed by atoms with Crippen molar-refractivity contribution in [3.8, 4) is 0 Å². The molecule has 10 nitrogen and oxygen atoms in total. The van der Waals surface area contributed by atoms with Crippen LogP contribution in [0.1, 0.15) is 68.1 Å². The molecule has 3 saturated carbocycles. The fourth-order valence-electron chi connectivity index (χ4n) is 9.87. The number of ether oxygens (including phenoxy) is 2. The van der Waals surface area contributed by atoms with Crippen molar-refractivity contribution in [1.29, 1.82) is 0 Å². The number of carbonyl (C=O) groups excluding carboxylic acids is 2. The second-order valence-corrected chi connectivity index (χ2v) is 15.0. The minimum absolute atomic E-state index is 0.0322. The predicted molar refractivity (Wildman–Crippen MR) is 172 cm³/mol. The van der Waals surface area contributed by atoms with Crippen LogP contribution in [0.15, 0.2) is 66.3 Å². The number of aliphatic hydroxyl groups is 2. The van der Waals surface area contributed by atoms with Crippen LogP contribution in [0.5, 0.6) is 0 Å². The monoisotopic (exact) mass is 662 g/mol. The number of hydrogen-bond donors (Lipinski definition) is 4. The van der Waals surface area contributed by atoms with Crippen molar-refractivity contribution < 1.29 is 43.3 Å². The maximum atomic E-state index is 14.2. The molecule has 4 fully saturated rings. The summed E-state index contributed by atoms with van der Waals surface area (Å²) in [5.74, 6) is -0.640. The van der Waals surface area contributed by atoms with Crippen LogP contribution < -0.4 is 5.73 Å². The highest BCUT2D eigenvalue weighted by molar-refractivity contribution is 7.32. The van der Waals surface area contributed by atoms with Crippen LogP contribution in [0.2, 0.25) is 0 Å². The fraction of sp³-hybridized carbons (Fsp3) is 0.500. The number of aliphatic hydroxyl groups excluding tert-OH is 2. The van der Waals surface area contributed by atoms with E-state index in [0.717, 1.165) is 35.1 Å². The number of fused-ring (bicyclic) bond motifs is 7. The number of rotatable bonds is 8. The Balaban J connectivity index is 1.18. The van der Waals surface area contributed by atoms with Gasteiger partial charge in [0.25, 0.3) is 0 Å². The normalized spacial score (nSPS) is 37.4. The topological polar surface area (TPSA) is 166 Å². The highest BCUT2D eigenvalue weighted by Gasteiger charge is 2.76. The third-order valence-corrected chi connectivity index (χ3v) is 12.3. The summed E-state index contributed by atoms with van der Waals surface area (Å²) in [5, 5.41) is 21.5. The third-order valence-electron chi connectivity index (χ3n) is 12.0. The molecule has 0 bridgehead atoms. The lowest BCUT2D eigenvalue weighted by Gasteiger charge is -2.59. The highest BCUT2D eigenvalue weighted by Crippen LogP contribution is 2.70. The van der Waals surface area contributed by atoms with Gasteiger partial charge in [-0.2, -0.15) is 0 Å². The first-order valence-electron chi connectivity index (χ1n) is 16.2. The van der Waals surface area contributed by atoms with E-state index in [2.05, 4.69) is 6.92 Å². The molecule has 11 heteroatoms. The van der Waals surface area contributed by atoms with Gasteiger partial charge in [0.05, 0.1) is 18.8 Å². The van der Waals surface area contributed by atoms with Crippen LogP contribution >= 0.6 is 8.25 Å². The molecule has 5 aliphatic rings. The van der Waals surface area contributed by atoms with Gasteiger partial charge in [-0.1, -0.05) is 61.9 Å². The summed E-state index contributed by atoms with van der Waals surface area (Å²) >= 11 is 0. The van der Waals surface area contributed by atoms with E-state index in [-0.39, 0.29) is 36.6 Å². The van der Waals surface area contributed by atoms with Crippen LogP contribution in [0.3, 0.4) is 0 Å². The Morgan fingerprint density at radius 2 is 1.89 bits per heavy atom. The van der Waals surface area contributed by atoms with Gasteiger partial charge < -0.3 is 25.4 Å². The number of hydrogen-bond acceptors (Lipinski definition) is 9. The first-order chi connectivity index (χ1) is 22.4. The van der Waals surface area contributed by atoms with Crippen molar-refractivity contribution in [2.75, 3.05) is 12.3 Å². The Labute approximate surface area is 274 Å². The van der Waals surface area contributed by atoms with Gasteiger partial charge in [-0.05, 0) is 73.3 Å². The van der Waals surface area contributed by atoms with Crippen LogP contribution in [-0.2, 0) is 41.2 Å². The van der Waals surface area contributed by atoms with E-state index in [4.69, 9.17) is 19.7 Å². The summed E-state index contributed by atoms with van der Waals surface area (Å²) in [6.45, 7) is 3.34. The summed E-state index contributed by atoms with van der Waals surface area (Å²) in [5.41, 5.74) is 8.15. The van der Waals surface area contributed by atoms with Gasteiger partial charge in [0.15, 0.2) is 30.1 Å². The van der Waals surface area contributed by atoms with Crippen molar-refractivity contribution >= 4 is 25.5 Å². The first kappa shape index (κ1) is 32.5. The summed E-state index contributed by atoms with van der Waals surface area (Å²) in [4.78, 5) is 35.8. The zero-order valence-corrected chi connectivity index (χ0v) is 27.4. The zero-order valence-electron chi connectivity index (χ0n) is 26.5. The molecule has 7 rings (SSSR count). The molecule has 0 aromatic heterocycles. The van der Waals surface area contributed by atoms with E-state index in [9.17, 15) is 29.3 Å². The van der Waals surface area contributed by atoms with Crippen LogP contribution in [0, 0.1) is 28.6 Å². The van der Waals surface area contributed by atoms with Crippen molar-refractivity contribution in [3.63, 3.8) is 0 Å². The van der Waals surface area contributed by atoms with Gasteiger partial charge in [-0.25, -0.2) is 0 Å². The zero-order chi connectivity index (χ0) is 33.3. The molecule has 2 aromatic rings. The molecular weight excluding hydrogens is 621 g/mol. The molecule has 1 aliphatic heterocycles. The fourth-order valence-corrected chi connectivity index (χ4v) is 10.1. The number of nitrogens with two attached hydrogens (primary N) is 1. The molecule has 5 N–H and O–H groups in total. The van der Waals surface area contributed by atoms with E-state index < -0.39 is 55.6 Å². The van der Waals surface area contributed by atoms with Crippen molar-refractivity contribution in [2.45, 2.75) is 76.7 Å². The van der Waals surface area contributed by atoms with Gasteiger partial charge in [-0.3, -0.25) is 9.59 Å².